The normalized spacial score (nSPS) is 17.7. The van der Waals surface area contributed by atoms with Gasteiger partial charge in [-0.05, 0) is 43.4 Å². The molecule has 0 radical (unpaired) electrons. The smallest absolute Gasteiger partial charge is 0.235 e. The fourth-order valence-electron chi connectivity index (χ4n) is 2.17. The maximum Gasteiger partial charge on any atom is 0.235 e. The van der Waals surface area contributed by atoms with Gasteiger partial charge in [0.05, 0.1) is 5.54 Å². The molecular formula is C12H13NO2. The third-order valence-electron chi connectivity index (χ3n) is 3.25. The van der Waals surface area contributed by atoms with Gasteiger partial charge in [-0.3, -0.25) is 0 Å². The average molecular weight is 203 g/mol. The number of hydrogen-bond acceptors (Lipinski definition) is 3. The Labute approximate surface area is 88.5 Å². The predicted octanol–water partition coefficient (Wildman–Crippen LogP) is 2.42. The second kappa shape index (κ2) is 3.52. The van der Waals surface area contributed by atoms with E-state index >= 15 is 0 Å². The number of phenols is 1. The predicted molar refractivity (Wildman–Crippen MR) is 56.5 cm³/mol. The second-order valence-electron chi connectivity index (χ2n) is 4.04. The van der Waals surface area contributed by atoms with Crippen LogP contribution in [-0.4, -0.2) is 11.2 Å². The summed E-state index contributed by atoms with van der Waals surface area (Å²) in [4.78, 5) is 14.3. The number of hydrogen-bond donors (Lipinski definition) is 1. The maximum atomic E-state index is 10.4. The summed E-state index contributed by atoms with van der Waals surface area (Å²) < 4.78 is 0. The van der Waals surface area contributed by atoms with E-state index in [-0.39, 0.29) is 5.75 Å². The zero-order chi connectivity index (χ0) is 10.9. The SMILES string of the molecule is Cc1c(O)cccc1C1(N=C=O)CCC1. The Hall–Kier alpha value is -1.60. The lowest BCUT2D eigenvalue weighted by Gasteiger charge is -2.38. The van der Waals surface area contributed by atoms with E-state index in [0.717, 1.165) is 30.4 Å². The van der Waals surface area contributed by atoms with Crippen LogP contribution in [0.25, 0.3) is 0 Å². The van der Waals surface area contributed by atoms with Crippen LogP contribution >= 0.6 is 0 Å². The number of benzene rings is 1. The Bertz CT molecular complexity index is 429. The molecule has 0 bridgehead atoms. The van der Waals surface area contributed by atoms with E-state index in [0.29, 0.717) is 0 Å². The summed E-state index contributed by atoms with van der Waals surface area (Å²) in [5.41, 5.74) is 1.36. The number of rotatable bonds is 2. The summed E-state index contributed by atoms with van der Waals surface area (Å²) in [6.07, 6.45) is 4.45. The van der Waals surface area contributed by atoms with E-state index in [4.69, 9.17) is 0 Å². The Kier molecular flexibility index (Phi) is 2.33. The molecule has 15 heavy (non-hydrogen) atoms. The molecule has 3 nitrogen and oxygen atoms in total. The van der Waals surface area contributed by atoms with Crippen LogP contribution in [0.2, 0.25) is 0 Å². The zero-order valence-electron chi connectivity index (χ0n) is 8.66. The van der Waals surface area contributed by atoms with Crippen molar-refractivity contribution < 1.29 is 9.90 Å². The molecule has 1 fully saturated rings. The van der Waals surface area contributed by atoms with E-state index in [1.165, 1.54) is 0 Å². The van der Waals surface area contributed by atoms with Gasteiger partial charge < -0.3 is 5.11 Å². The van der Waals surface area contributed by atoms with Crippen molar-refractivity contribution in [3.05, 3.63) is 29.3 Å². The van der Waals surface area contributed by atoms with Crippen molar-refractivity contribution in [2.75, 3.05) is 0 Å². The van der Waals surface area contributed by atoms with Crippen molar-refractivity contribution in [3.63, 3.8) is 0 Å². The highest BCUT2D eigenvalue weighted by Crippen LogP contribution is 2.46. The number of isocyanates is 1. The molecule has 0 aromatic heterocycles. The lowest BCUT2D eigenvalue weighted by atomic mass is 9.71. The van der Waals surface area contributed by atoms with Gasteiger partial charge in [-0.2, -0.15) is 4.99 Å². The molecule has 0 saturated heterocycles. The van der Waals surface area contributed by atoms with Gasteiger partial charge in [-0.25, -0.2) is 4.79 Å². The molecule has 1 aliphatic rings. The lowest BCUT2D eigenvalue weighted by Crippen LogP contribution is -2.32. The standard InChI is InChI=1S/C12H13NO2/c1-9-10(4-2-5-11(9)15)12(13-8-14)6-3-7-12/h2,4-5,15H,3,6-7H2,1H3. The van der Waals surface area contributed by atoms with Crippen molar-refractivity contribution in [1.29, 1.82) is 0 Å². The maximum absolute atomic E-state index is 10.4. The number of phenolic OH excluding ortho intramolecular Hbond substituents is 1. The fraction of sp³-hybridized carbons (Fsp3) is 0.417. The molecule has 1 aromatic rings. The summed E-state index contributed by atoms with van der Waals surface area (Å²) in [5.74, 6) is 0.264. The third kappa shape index (κ3) is 1.45. The number of aromatic hydroxyl groups is 1. The van der Waals surface area contributed by atoms with Crippen LogP contribution in [0.3, 0.4) is 0 Å². The lowest BCUT2D eigenvalue weighted by molar-refractivity contribution is 0.254. The van der Waals surface area contributed by atoms with Gasteiger partial charge in [-0.1, -0.05) is 12.1 Å². The molecular weight excluding hydrogens is 190 g/mol. The summed E-state index contributed by atoms with van der Waals surface area (Å²) in [6, 6.07) is 5.36. The molecule has 0 heterocycles. The summed E-state index contributed by atoms with van der Waals surface area (Å²) in [5, 5.41) is 9.61. The molecule has 0 atom stereocenters. The van der Waals surface area contributed by atoms with Crippen molar-refractivity contribution in [3.8, 4) is 5.75 Å². The molecule has 0 spiro atoms. The number of aliphatic imine (C=N–C) groups is 1. The topological polar surface area (TPSA) is 49.7 Å². The Morgan fingerprint density at radius 2 is 2.20 bits per heavy atom. The van der Waals surface area contributed by atoms with Crippen LogP contribution in [0.15, 0.2) is 23.2 Å². The molecule has 1 aliphatic carbocycles. The van der Waals surface area contributed by atoms with Gasteiger partial charge in [0.15, 0.2) is 0 Å². The van der Waals surface area contributed by atoms with E-state index in [2.05, 4.69) is 4.99 Å². The van der Waals surface area contributed by atoms with Crippen molar-refractivity contribution in [2.24, 2.45) is 4.99 Å². The first-order valence-electron chi connectivity index (χ1n) is 5.08. The van der Waals surface area contributed by atoms with Gasteiger partial charge in [0.25, 0.3) is 0 Å². The molecule has 1 aromatic carbocycles. The minimum absolute atomic E-state index is 0.264. The second-order valence-corrected chi connectivity index (χ2v) is 4.04. The molecule has 2 rings (SSSR count). The van der Waals surface area contributed by atoms with Gasteiger partial charge in [0.1, 0.15) is 5.75 Å². The van der Waals surface area contributed by atoms with Crippen LogP contribution in [0.5, 0.6) is 5.75 Å². The minimum atomic E-state index is -0.412. The van der Waals surface area contributed by atoms with E-state index in [1.54, 1.807) is 18.2 Å². The van der Waals surface area contributed by atoms with E-state index in [1.807, 2.05) is 13.0 Å². The molecule has 1 N–H and O–H groups in total. The highest BCUT2D eigenvalue weighted by molar-refractivity contribution is 5.46. The average Bonchev–Trinajstić information content (AvgIpc) is 2.17. The first kappa shape index (κ1) is 9.94. The molecule has 0 amide bonds. The van der Waals surface area contributed by atoms with Crippen molar-refractivity contribution in [2.45, 2.75) is 31.7 Å². The number of nitrogens with zero attached hydrogens (tertiary/aromatic N) is 1. The van der Waals surface area contributed by atoms with Crippen LogP contribution in [-0.2, 0) is 10.3 Å². The Morgan fingerprint density at radius 3 is 2.73 bits per heavy atom. The third-order valence-corrected chi connectivity index (χ3v) is 3.25. The van der Waals surface area contributed by atoms with Gasteiger partial charge in [0, 0.05) is 0 Å². The highest BCUT2D eigenvalue weighted by atomic mass is 16.3. The number of carbonyl (C=O) groups excluding carboxylic acids is 1. The molecule has 0 aliphatic heterocycles. The fourth-order valence-corrected chi connectivity index (χ4v) is 2.17. The van der Waals surface area contributed by atoms with Crippen molar-refractivity contribution >= 4 is 6.08 Å². The first-order chi connectivity index (χ1) is 7.19. The molecule has 78 valence electrons. The van der Waals surface area contributed by atoms with Crippen LogP contribution in [0.4, 0.5) is 0 Å². The Balaban J connectivity index is 2.52. The van der Waals surface area contributed by atoms with Crippen LogP contribution < -0.4 is 0 Å². The summed E-state index contributed by atoms with van der Waals surface area (Å²) in [6.45, 7) is 1.85. The quantitative estimate of drug-likeness (QED) is 0.592. The van der Waals surface area contributed by atoms with Gasteiger partial charge in [-0.15, -0.1) is 0 Å². The highest BCUT2D eigenvalue weighted by Gasteiger charge is 2.40. The molecule has 1 saturated carbocycles. The van der Waals surface area contributed by atoms with Crippen molar-refractivity contribution in [1.82, 2.24) is 0 Å². The Morgan fingerprint density at radius 1 is 1.47 bits per heavy atom. The monoisotopic (exact) mass is 203 g/mol. The molecule has 3 heteroatoms. The first-order valence-corrected chi connectivity index (χ1v) is 5.08. The van der Waals surface area contributed by atoms with E-state index < -0.39 is 5.54 Å². The largest absolute Gasteiger partial charge is 0.508 e. The van der Waals surface area contributed by atoms with Crippen LogP contribution in [0.1, 0.15) is 30.4 Å². The van der Waals surface area contributed by atoms with Gasteiger partial charge >= 0.3 is 0 Å². The zero-order valence-corrected chi connectivity index (χ0v) is 8.66. The summed E-state index contributed by atoms with van der Waals surface area (Å²) >= 11 is 0. The summed E-state index contributed by atoms with van der Waals surface area (Å²) in [7, 11) is 0. The van der Waals surface area contributed by atoms with E-state index in [9.17, 15) is 9.90 Å². The minimum Gasteiger partial charge on any atom is -0.508 e. The molecule has 0 unspecified atom stereocenters. The van der Waals surface area contributed by atoms with Gasteiger partial charge in [0.2, 0.25) is 6.08 Å². The van der Waals surface area contributed by atoms with Crippen LogP contribution in [0, 0.1) is 6.92 Å².